The van der Waals surface area contributed by atoms with Gasteiger partial charge in [0.25, 0.3) is 0 Å². The zero-order chi connectivity index (χ0) is 14.2. The molecule has 2 aromatic heterocycles. The molecule has 0 saturated heterocycles. The van der Waals surface area contributed by atoms with Crippen LogP contribution in [0.1, 0.15) is 57.1 Å². The van der Waals surface area contributed by atoms with Crippen molar-refractivity contribution in [3.8, 4) is 0 Å². The molecule has 0 aliphatic rings. The summed E-state index contributed by atoms with van der Waals surface area (Å²) in [6.07, 6.45) is 0. The molecule has 2 rings (SSSR count). The Morgan fingerprint density at radius 3 is 1.42 bits per heavy atom. The first kappa shape index (κ1) is 14.6. The quantitative estimate of drug-likeness (QED) is 0.916. The van der Waals surface area contributed by atoms with Crippen molar-refractivity contribution >= 4 is 22.7 Å². The standard InChI is InChI=1S/C14H21N3S2/c1-7(13-9(3)16-11(5)18-13)15-8(2)14-10(4)17-12(6)19-14/h7-8,15H,1-6H3. The lowest BCUT2D eigenvalue weighted by Gasteiger charge is -2.19. The minimum absolute atomic E-state index is 0.322. The number of aryl methyl sites for hydroxylation is 4. The Hall–Kier alpha value is -0.780. The molecule has 0 aromatic carbocycles. The molecule has 104 valence electrons. The first-order valence-corrected chi connectivity index (χ1v) is 8.15. The van der Waals surface area contributed by atoms with Gasteiger partial charge in [-0.15, -0.1) is 22.7 Å². The number of rotatable bonds is 4. The van der Waals surface area contributed by atoms with E-state index in [9.17, 15) is 0 Å². The van der Waals surface area contributed by atoms with Crippen LogP contribution in [0, 0.1) is 27.7 Å². The molecule has 0 saturated carbocycles. The van der Waals surface area contributed by atoms with Gasteiger partial charge in [-0.2, -0.15) is 0 Å². The number of aromatic nitrogens is 2. The predicted molar refractivity (Wildman–Crippen MR) is 83.1 cm³/mol. The lowest BCUT2D eigenvalue weighted by molar-refractivity contribution is 0.501. The van der Waals surface area contributed by atoms with E-state index in [-0.39, 0.29) is 0 Å². The van der Waals surface area contributed by atoms with Crippen LogP contribution < -0.4 is 5.32 Å². The lowest BCUT2D eigenvalue weighted by Crippen LogP contribution is -2.22. The van der Waals surface area contributed by atoms with E-state index in [0.717, 1.165) is 21.4 Å². The third-order valence-corrected chi connectivity index (χ3v) is 5.68. The van der Waals surface area contributed by atoms with Crippen molar-refractivity contribution in [3.63, 3.8) is 0 Å². The van der Waals surface area contributed by atoms with Gasteiger partial charge < -0.3 is 5.32 Å². The van der Waals surface area contributed by atoms with Crippen LogP contribution in [0.5, 0.6) is 0 Å². The Morgan fingerprint density at radius 2 is 1.16 bits per heavy atom. The molecule has 1 N–H and O–H groups in total. The Morgan fingerprint density at radius 1 is 0.789 bits per heavy atom. The fourth-order valence-electron chi connectivity index (χ4n) is 2.42. The van der Waals surface area contributed by atoms with E-state index in [1.165, 1.54) is 9.75 Å². The largest absolute Gasteiger partial charge is 0.302 e. The summed E-state index contributed by atoms with van der Waals surface area (Å²) in [5.41, 5.74) is 2.29. The molecule has 0 aliphatic carbocycles. The third-order valence-electron chi connectivity index (χ3n) is 3.17. The summed E-state index contributed by atoms with van der Waals surface area (Å²) in [6.45, 7) is 12.7. The van der Waals surface area contributed by atoms with Crippen LogP contribution in [0.25, 0.3) is 0 Å². The highest BCUT2D eigenvalue weighted by molar-refractivity contribution is 7.12. The molecule has 0 radical (unpaired) electrons. The molecule has 0 spiro atoms. The first-order chi connectivity index (χ1) is 8.88. The third kappa shape index (κ3) is 3.22. The van der Waals surface area contributed by atoms with Crippen LogP contribution in [0.15, 0.2) is 0 Å². The van der Waals surface area contributed by atoms with E-state index in [2.05, 4.69) is 56.8 Å². The van der Waals surface area contributed by atoms with Crippen LogP contribution in [0.2, 0.25) is 0 Å². The van der Waals surface area contributed by atoms with E-state index in [4.69, 9.17) is 0 Å². The second-order valence-corrected chi connectivity index (χ2v) is 7.44. The van der Waals surface area contributed by atoms with Gasteiger partial charge in [0, 0.05) is 21.8 Å². The average Bonchev–Trinajstić information content (AvgIpc) is 2.81. The van der Waals surface area contributed by atoms with Crippen LogP contribution in [-0.4, -0.2) is 9.97 Å². The summed E-state index contributed by atoms with van der Waals surface area (Å²) in [5, 5.41) is 5.94. The van der Waals surface area contributed by atoms with E-state index in [1.807, 2.05) is 0 Å². The van der Waals surface area contributed by atoms with Crippen molar-refractivity contribution in [1.29, 1.82) is 0 Å². The fraction of sp³-hybridized carbons (Fsp3) is 0.571. The minimum atomic E-state index is 0.322. The minimum Gasteiger partial charge on any atom is -0.302 e. The van der Waals surface area contributed by atoms with Crippen molar-refractivity contribution in [1.82, 2.24) is 15.3 Å². The van der Waals surface area contributed by atoms with Gasteiger partial charge >= 0.3 is 0 Å². The van der Waals surface area contributed by atoms with Gasteiger partial charge in [0.1, 0.15) is 0 Å². The van der Waals surface area contributed by atoms with Gasteiger partial charge in [-0.25, -0.2) is 9.97 Å². The number of thiazole rings is 2. The molecular formula is C14H21N3S2. The summed E-state index contributed by atoms with van der Waals surface area (Å²) >= 11 is 3.57. The number of nitrogens with zero attached hydrogens (tertiary/aromatic N) is 2. The highest BCUT2D eigenvalue weighted by Gasteiger charge is 2.18. The van der Waals surface area contributed by atoms with Crippen LogP contribution in [0.4, 0.5) is 0 Å². The Labute approximate surface area is 123 Å². The lowest BCUT2D eigenvalue weighted by atomic mass is 10.2. The highest BCUT2D eigenvalue weighted by Crippen LogP contribution is 2.29. The first-order valence-electron chi connectivity index (χ1n) is 6.52. The smallest absolute Gasteiger partial charge is 0.0900 e. The fourth-order valence-corrected chi connectivity index (χ4v) is 4.30. The predicted octanol–water partition coefficient (Wildman–Crippen LogP) is 4.25. The summed E-state index contributed by atoms with van der Waals surface area (Å²) in [4.78, 5) is 11.7. The summed E-state index contributed by atoms with van der Waals surface area (Å²) in [7, 11) is 0. The topological polar surface area (TPSA) is 37.8 Å². The van der Waals surface area contributed by atoms with E-state index < -0.39 is 0 Å². The summed E-state index contributed by atoms with van der Waals surface area (Å²) < 4.78 is 0. The number of hydrogen-bond donors (Lipinski definition) is 1. The molecule has 0 fully saturated rings. The highest BCUT2D eigenvalue weighted by atomic mass is 32.1. The maximum Gasteiger partial charge on any atom is 0.0900 e. The zero-order valence-corrected chi connectivity index (χ0v) is 14.0. The molecule has 0 bridgehead atoms. The van der Waals surface area contributed by atoms with Gasteiger partial charge in [-0.3, -0.25) is 0 Å². The second kappa shape index (κ2) is 5.69. The maximum atomic E-state index is 4.50. The van der Waals surface area contributed by atoms with Crippen LogP contribution in [-0.2, 0) is 0 Å². The SMILES string of the molecule is Cc1nc(C)c(C(C)NC(C)c2sc(C)nc2C)s1. The van der Waals surface area contributed by atoms with Gasteiger partial charge in [-0.1, -0.05) is 0 Å². The second-order valence-electron chi connectivity index (χ2n) is 4.98. The van der Waals surface area contributed by atoms with Crippen LogP contribution in [0.3, 0.4) is 0 Å². The molecule has 2 unspecified atom stereocenters. The molecule has 0 amide bonds. The maximum absolute atomic E-state index is 4.50. The number of nitrogens with one attached hydrogen (secondary N) is 1. The van der Waals surface area contributed by atoms with E-state index >= 15 is 0 Å². The van der Waals surface area contributed by atoms with Crippen molar-refractivity contribution in [3.05, 3.63) is 31.2 Å². The monoisotopic (exact) mass is 295 g/mol. The van der Waals surface area contributed by atoms with Gasteiger partial charge in [0.05, 0.1) is 21.4 Å². The van der Waals surface area contributed by atoms with Gasteiger partial charge in [0.15, 0.2) is 0 Å². The average molecular weight is 295 g/mol. The van der Waals surface area contributed by atoms with Gasteiger partial charge in [-0.05, 0) is 41.5 Å². The summed E-state index contributed by atoms with van der Waals surface area (Å²) in [6, 6.07) is 0.644. The number of hydrogen-bond acceptors (Lipinski definition) is 5. The zero-order valence-electron chi connectivity index (χ0n) is 12.4. The molecule has 0 aliphatic heterocycles. The molecule has 19 heavy (non-hydrogen) atoms. The molecule has 3 nitrogen and oxygen atoms in total. The molecule has 5 heteroatoms. The molecule has 2 heterocycles. The normalized spacial score (nSPS) is 14.6. The van der Waals surface area contributed by atoms with Crippen molar-refractivity contribution in [2.24, 2.45) is 0 Å². The van der Waals surface area contributed by atoms with Gasteiger partial charge in [0.2, 0.25) is 0 Å². The van der Waals surface area contributed by atoms with Crippen LogP contribution >= 0.6 is 22.7 Å². The Kier molecular flexibility index (Phi) is 4.38. The van der Waals surface area contributed by atoms with Crippen molar-refractivity contribution < 1.29 is 0 Å². The molecule has 2 atom stereocenters. The van der Waals surface area contributed by atoms with E-state index in [1.54, 1.807) is 22.7 Å². The van der Waals surface area contributed by atoms with E-state index in [0.29, 0.717) is 12.1 Å². The summed E-state index contributed by atoms with van der Waals surface area (Å²) in [5.74, 6) is 0. The van der Waals surface area contributed by atoms with Crippen molar-refractivity contribution in [2.45, 2.75) is 53.6 Å². The molecular weight excluding hydrogens is 274 g/mol. The Bertz CT molecular complexity index is 521. The van der Waals surface area contributed by atoms with Crippen molar-refractivity contribution in [2.75, 3.05) is 0 Å². The Balaban J connectivity index is 2.12. The molecule has 2 aromatic rings.